The van der Waals surface area contributed by atoms with E-state index in [1.165, 1.54) is 12.1 Å². The Morgan fingerprint density at radius 2 is 1.81 bits per heavy atom. The van der Waals surface area contributed by atoms with E-state index in [1.807, 2.05) is 50.5 Å². The van der Waals surface area contributed by atoms with Crippen LogP contribution >= 0.6 is 11.8 Å². The van der Waals surface area contributed by atoms with Gasteiger partial charge in [0.2, 0.25) is 5.91 Å². The predicted octanol–water partition coefficient (Wildman–Crippen LogP) is 5.48. The van der Waals surface area contributed by atoms with Gasteiger partial charge in [-0.15, -0.1) is 10.2 Å². The Morgan fingerprint density at radius 3 is 2.44 bits per heavy atom. The van der Waals surface area contributed by atoms with E-state index in [2.05, 4.69) is 20.8 Å². The molecule has 0 aliphatic heterocycles. The molecule has 0 aliphatic rings. The lowest BCUT2D eigenvalue weighted by Gasteiger charge is -2.22. The van der Waals surface area contributed by atoms with Crippen LogP contribution in [0.2, 0.25) is 0 Å². The van der Waals surface area contributed by atoms with Crippen LogP contribution in [0.5, 0.6) is 0 Å². The highest BCUT2D eigenvalue weighted by atomic mass is 32.2. The molecule has 0 aliphatic carbocycles. The van der Waals surface area contributed by atoms with Gasteiger partial charge in [-0.3, -0.25) is 9.59 Å². The molecule has 2 amide bonds. The summed E-state index contributed by atoms with van der Waals surface area (Å²) in [5, 5.41) is 14.5. The molecular weight excluding hydrogens is 491 g/mol. The van der Waals surface area contributed by atoms with E-state index in [0.29, 0.717) is 23.1 Å². The summed E-state index contributed by atoms with van der Waals surface area (Å²) in [6.07, 6.45) is -4.49. The molecule has 2 N–H and O–H groups in total. The minimum Gasteiger partial charge on any atom is -0.342 e. The number of carbonyl (C=O) groups excluding carboxylic acids is 2. The maximum atomic E-state index is 12.9. The van der Waals surface area contributed by atoms with Crippen LogP contribution in [-0.2, 0) is 17.5 Å². The number of aromatic nitrogens is 3. The molecule has 0 bridgehead atoms. The molecule has 7 nitrogen and oxygen atoms in total. The summed E-state index contributed by atoms with van der Waals surface area (Å²) in [4.78, 5) is 25.3. The number of hydrogen-bond donors (Lipinski definition) is 2. The summed E-state index contributed by atoms with van der Waals surface area (Å²) in [5.74, 6) is -0.196. The van der Waals surface area contributed by atoms with Gasteiger partial charge in [0.25, 0.3) is 5.91 Å². The molecule has 11 heteroatoms. The van der Waals surface area contributed by atoms with Crippen molar-refractivity contribution >= 4 is 29.3 Å². The third kappa shape index (κ3) is 6.87. The van der Waals surface area contributed by atoms with Gasteiger partial charge in [0.1, 0.15) is 0 Å². The second kappa shape index (κ2) is 11.6. The second-order valence-corrected chi connectivity index (χ2v) is 9.51. The third-order valence-electron chi connectivity index (χ3n) is 5.38. The van der Waals surface area contributed by atoms with Crippen LogP contribution in [0.15, 0.2) is 53.7 Å². The SMILES string of the molecule is CCn1c(SCC(=O)Nc2cccc(C(F)(F)F)c2)nnc1[C@@H](NC(=O)c1cccc(C)c1)C(C)C. The zero-order valence-corrected chi connectivity index (χ0v) is 21.2. The molecule has 1 aromatic heterocycles. The van der Waals surface area contributed by atoms with Crippen molar-refractivity contribution in [2.75, 3.05) is 11.1 Å². The Bertz CT molecular complexity index is 1230. The molecule has 0 saturated carbocycles. The van der Waals surface area contributed by atoms with Crippen molar-refractivity contribution in [1.82, 2.24) is 20.1 Å². The van der Waals surface area contributed by atoms with Gasteiger partial charge in [0, 0.05) is 17.8 Å². The summed E-state index contributed by atoms with van der Waals surface area (Å²) in [6.45, 7) is 8.25. The van der Waals surface area contributed by atoms with Crippen LogP contribution in [0.25, 0.3) is 0 Å². The number of thioether (sulfide) groups is 1. The standard InChI is InChI=1S/C25H28F3N5O2S/c1-5-33-22(21(15(2)3)30-23(35)17-9-6-8-16(4)12-17)31-32-24(33)36-14-20(34)29-19-11-7-10-18(13-19)25(26,27)28/h6-13,15,21H,5,14H2,1-4H3,(H,29,34)(H,30,35)/t21-/m0/s1. The molecule has 36 heavy (non-hydrogen) atoms. The van der Waals surface area contributed by atoms with Gasteiger partial charge in [-0.05, 0) is 50.1 Å². The number of nitrogens with one attached hydrogen (secondary N) is 2. The minimum atomic E-state index is -4.49. The van der Waals surface area contributed by atoms with Gasteiger partial charge >= 0.3 is 6.18 Å². The molecule has 3 rings (SSSR count). The zero-order chi connectivity index (χ0) is 26.5. The quantitative estimate of drug-likeness (QED) is 0.366. The molecule has 0 saturated heterocycles. The highest BCUT2D eigenvalue weighted by Gasteiger charge is 2.30. The van der Waals surface area contributed by atoms with Gasteiger partial charge in [-0.2, -0.15) is 13.2 Å². The first-order valence-corrected chi connectivity index (χ1v) is 12.4. The molecule has 1 heterocycles. The zero-order valence-electron chi connectivity index (χ0n) is 20.4. The number of anilines is 1. The first kappa shape index (κ1) is 27.3. The maximum absolute atomic E-state index is 12.9. The van der Waals surface area contributed by atoms with Crippen molar-refractivity contribution in [3.8, 4) is 0 Å². The van der Waals surface area contributed by atoms with E-state index in [4.69, 9.17) is 0 Å². The Labute approximate surface area is 211 Å². The van der Waals surface area contributed by atoms with Crippen LogP contribution in [0.1, 0.15) is 54.1 Å². The first-order valence-electron chi connectivity index (χ1n) is 11.4. The van der Waals surface area contributed by atoms with E-state index in [1.54, 1.807) is 6.07 Å². The van der Waals surface area contributed by atoms with Gasteiger partial charge in [0.05, 0.1) is 17.4 Å². The fraction of sp³-hybridized carbons (Fsp3) is 0.360. The Balaban J connectivity index is 1.70. The molecular formula is C25H28F3N5O2S. The van der Waals surface area contributed by atoms with Gasteiger partial charge in [-0.25, -0.2) is 0 Å². The number of rotatable bonds is 9. The highest BCUT2D eigenvalue weighted by molar-refractivity contribution is 7.99. The summed E-state index contributed by atoms with van der Waals surface area (Å²) in [7, 11) is 0. The van der Waals surface area contributed by atoms with Crippen LogP contribution in [-0.4, -0.2) is 32.3 Å². The van der Waals surface area contributed by atoms with Crippen molar-refractivity contribution in [2.45, 2.75) is 51.6 Å². The van der Waals surface area contributed by atoms with Crippen molar-refractivity contribution in [2.24, 2.45) is 5.92 Å². The number of aryl methyl sites for hydroxylation is 1. The average molecular weight is 520 g/mol. The van der Waals surface area contributed by atoms with E-state index in [-0.39, 0.29) is 23.3 Å². The topological polar surface area (TPSA) is 88.9 Å². The van der Waals surface area contributed by atoms with E-state index in [9.17, 15) is 22.8 Å². The number of halogens is 3. The molecule has 1 atom stereocenters. The monoisotopic (exact) mass is 519 g/mol. The van der Waals surface area contributed by atoms with Crippen LogP contribution in [0, 0.1) is 12.8 Å². The molecule has 2 aromatic carbocycles. The fourth-order valence-corrected chi connectivity index (χ4v) is 4.38. The van der Waals surface area contributed by atoms with Crippen LogP contribution < -0.4 is 10.6 Å². The lowest BCUT2D eigenvalue weighted by Crippen LogP contribution is -2.33. The minimum absolute atomic E-state index is 0.00955. The first-order chi connectivity index (χ1) is 17.0. The molecule has 0 unspecified atom stereocenters. The average Bonchev–Trinajstić information content (AvgIpc) is 3.23. The van der Waals surface area contributed by atoms with Crippen LogP contribution in [0.3, 0.4) is 0 Å². The van der Waals surface area contributed by atoms with Gasteiger partial charge in [0.15, 0.2) is 11.0 Å². The lowest BCUT2D eigenvalue weighted by molar-refractivity contribution is -0.137. The predicted molar refractivity (Wildman–Crippen MR) is 133 cm³/mol. The summed E-state index contributed by atoms with van der Waals surface area (Å²) < 4.78 is 40.6. The second-order valence-electron chi connectivity index (χ2n) is 8.57. The van der Waals surface area contributed by atoms with Crippen LogP contribution in [0.4, 0.5) is 18.9 Å². The largest absolute Gasteiger partial charge is 0.416 e. The summed E-state index contributed by atoms with van der Waals surface area (Å²) >= 11 is 1.12. The molecule has 0 spiro atoms. The van der Waals surface area contributed by atoms with E-state index in [0.717, 1.165) is 29.5 Å². The summed E-state index contributed by atoms with van der Waals surface area (Å²) in [5.41, 5.74) is 0.745. The maximum Gasteiger partial charge on any atom is 0.416 e. The lowest BCUT2D eigenvalue weighted by atomic mass is 10.0. The van der Waals surface area contributed by atoms with E-state index < -0.39 is 23.7 Å². The highest BCUT2D eigenvalue weighted by Crippen LogP contribution is 2.31. The number of alkyl halides is 3. The van der Waals surface area contributed by atoms with Gasteiger partial charge < -0.3 is 15.2 Å². The number of hydrogen-bond acceptors (Lipinski definition) is 5. The molecule has 3 aromatic rings. The Hall–Kier alpha value is -3.34. The normalized spacial score (nSPS) is 12.4. The molecule has 0 radical (unpaired) electrons. The number of amides is 2. The fourth-order valence-electron chi connectivity index (χ4n) is 3.57. The number of nitrogens with zero attached hydrogens (tertiary/aromatic N) is 3. The van der Waals surface area contributed by atoms with Crippen molar-refractivity contribution in [3.05, 3.63) is 71.0 Å². The Morgan fingerprint density at radius 1 is 1.08 bits per heavy atom. The summed E-state index contributed by atoms with van der Waals surface area (Å²) in [6, 6.07) is 11.3. The van der Waals surface area contributed by atoms with E-state index >= 15 is 0 Å². The smallest absolute Gasteiger partial charge is 0.342 e. The molecule has 192 valence electrons. The Kier molecular flexibility index (Phi) is 8.78. The number of carbonyl (C=O) groups is 2. The van der Waals surface area contributed by atoms with Gasteiger partial charge in [-0.1, -0.05) is 49.4 Å². The number of benzene rings is 2. The van der Waals surface area contributed by atoms with Crippen molar-refractivity contribution in [3.63, 3.8) is 0 Å². The van der Waals surface area contributed by atoms with Crippen molar-refractivity contribution < 1.29 is 22.8 Å². The van der Waals surface area contributed by atoms with Crippen molar-refractivity contribution in [1.29, 1.82) is 0 Å². The third-order valence-corrected chi connectivity index (χ3v) is 6.35. The molecule has 0 fully saturated rings.